The van der Waals surface area contributed by atoms with Gasteiger partial charge in [-0.25, -0.2) is 9.18 Å². The molecule has 4 rings (SSSR count). The minimum absolute atomic E-state index is 0.209. The maximum Gasteiger partial charge on any atom is 0.329 e. The van der Waals surface area contributed by atoms with Crippen LogP contribution in [-0.2, 0) is 22.5 Å². The summed E-state index contributed by atoms with van der Waals surface area (Å²) in [6.07, 6.45) is 7.07. The highest BCUT2D eigenvalue weighted by Crippen LogP contribution is 2.38. The molecule has 0 atom stereocenters. The van der Waals surface area contributed by atoms with Crippen molar-refractivity contribution in [2.45, 2.75) is 45.6 Å². The van der Waals surface area contributed by atoms with Crippen molar-refractivity contribution in [2.75, 3.05) is 25.2 Å². The number of carboxylic acids is 1. The number of rotatable bonds is 11. The number of aromatic nitrogens is 2. The normalized spacial score (nSPS) is 17.9. The Hall–Kier alpha value is -2.64. The summed E-state index contributed by atoms with van der Waals surface area (Å²) in [5, 5.41) is 13.9. The number of carboxylic acid groups (broad SMARTS) is 1. The monoisotopic (exact) mass is 510 g/mol. The summed E-state index contributed by atoms with van der Waals surface area (Å²) in [5.41, 5.74) is 5.35. The molecule has 3 aromatic rings. The van der Waals surface area contributed by atoms with Gasteiger partial charge >= 0.3 is 5.97 Å². The molecule has 5 nitrogen and oxygen atoms in total. The average Bonchev–Trinajstić information content (AvgIpc) is 3.21. The second-order valence-electron chi connectivity index (χ2n) is 9.74. The lowest BCUT2D eigenvalue weighted by Gasteiger charge is -2.28. The number of benzene rings is 2. The zero-order valence-electron chi connectivity index (χ0n) is 21.1. The number of nitrogens with zero attached hydrogens (tertiary/aromatic N) is 2. The van der Waals surface area contributed by atoms with E-state index in [-0.39, 0.29) is 12.4 Å². The van der Waals surface area contributed by atoms with E-state index in [1.807, 2.05) is 49.4 Å². The SMILES string of the molecule is CSCCc1c(-c2ccc(C)cc2F)c(-c2ccccc2)nn1C[C@H]1CC[C@@H](COCC(=O)O)CC1. The first-order valence-corrected chi connectivity index (χ1v) is 14.1. The number of ether oxygens (including phenoxy) is 1. The van der Waals surface area contributed by atoms with Gasteiger partial charge in [0.15, 0.2) is 0 Å². The fourth-order valence-electron chi connectivity index (χ4n) is 5.14. The molecule has 1 N–H and O–H groups in total. The number of hydrogen-bond acceptors (Lipinski definition) is 4. The standard InChI is InChI=1S/C29H35FN2O3S/c1-20-8-13-24(25(30)16-20)28-26(14-15-36-2)32(31-29(28)23-6-4-3-5-7-23)17-21-9-11-22(12-10-21)18-35-19-27(33)34/h3-8,13,16,21-22H,9-12,14-15,17-19H2,1-2H3,(H,33,34)/t21-,22+. The van der Waals surface area contributed by atoms with E-state index in [9.17, 15) is 4.79 Å². The lowest BCUT2D eigenvalue weighted by Crippen LogP contribution is -2.24. The molecule has 7 heteroatoms. The molecule has 192 valence electrons. The Labute approximate surface area is 217 Å². The number of aliphatic carboxylic acids is 1. The van der Waals surface area contributed by atoms with Crippen molar-refractivity contribution in [3.8, 4) is 22.4 Å². The topological polar surface area (TPSA) is 64.4 Å². The molecule has 1 aliphatic carbocycles. The molecule has 0 radical (unpaired) electrons. The van der Waals surface area contributed by atoms with Gasteiger partial charge in [0.1, 0.15) is 18.1 Å². The molecule has 1 aromatic heterocycles. The van der Waals surface area contributed by atoms with E-state index in [0.29, 0.717) is 24.0 Å². The predicted octanol–water partition coefficient (Wildman–Crippen LogP) is 6.48. The molecule has 36 heavy (non-hydrogen) atoms. The van der Waals surface area contributed by atoms with Crippen LogP contribution in [0.25, 0.3) is 22.4 Å². The molecular weight excluding hydrogens is 475 g/mol. The van der Waals surface area contributed by atoms with Gasteiger partial charge in [0.05, 0.1) is 6.61 Å². The highest BCUT2D eigenvalue weighted by atomic mass is 32.2. The van der Waals surface area contributed by atoms with Gasteiger partial charge in [0.2, 0.25) is 0 Å². The van der Waals surface area contributed by atoms with E-state index in [4.69, 9.17) is 14.9 Å². The number of thioether (sulfide) groups is 1. The Kier molecular flexibility index (Phi) is 9.21. The molecule has 1 saturated carbocycles. The van der Waals surface area contributed by atoms with Crippen LogP contribution in [0.2, 0.25) is 0 Å². The lowest BCUT2D eigenvalue weighted by atomic mass is 9.82. The fourth-order valence-corrected chi connectivity index (χ4v) is 5.54. The van der Waals surface area contributed by atoms with Crippen LogP contribution in [0.5, 0.6) is 0 Å². The van der Waals surface area contributed by atoms with Gasteiger partial charge < -0.3 is 9.84 Å². The van der Waals surface area contributed by atoms with Gasteiger partial charge in [0.25, 0.3) is 0 Å². The third-order valence-corrected chi connectivity index (χ3v) is 7.63. The van der Waals surface area contributed by atoms with E-state index in [1.54, 1.807) is 17.8 Å². The maximum absolute atomic E-state index is 15.3. The zero-order chi connectivity index (χ0) is 25.5. The molecule has 0 unspecified atom stereocenters. The van der Waals surface area contributed by atoms with Gasteiger partial charge in [-0.1, -0.05) is 42.5 Å². The van der Waals surface area contributed by atoms with Crippen LogP contribution in [-0.4, -0.2) is 46.1 Å². The number of halogens is 1. The summed E-state index contributed by atoms with van der Waals surface area (Å²) in [4.78, 5) is 10.7. The zero-order valence-corrected chi connectivity index (χ0v) is 21.9. The van der Waals surface area contributed by atoms with Gasteiger partial charge in [-0.3, -0.25) is 4.68 Å². The van der Waals surface area contributed by atoms with E-state index >= 15 is 4.39 Å². The van der Waals surface area contributed by atoms with Crippen molar-refractivity contribution in [3.63, 3.8) is 0 Å². The summed E-state index contributed by atoms with van der Waals surface area (Å²) in [7, 11) is 0. The molecular formula is C29H35FN2O3S. The quantitative estimate of drug-likeness (QED) is 0.320. The second kappa shape index (κ2) is 12.5. The first-order chi connectivity index (χ1) is 17.5. The van der Waals surface area contributed by atoms with Crippen LogP contribution in [0.1, 0.15) is 36.9 Å². The molecule has 0 bridgehead atoms. The van der Waals surface area contributed by atoms with E-state index in [1.165, 1.54) is 0 Å². The Morgan fingerprint density at radius 2 is 1.86 bits per heavy atom. The van der Waals surface area contributed by atoms with Crippen molar-refractivity contribution in [2.24, 2.45) is 11.8 Å². The molecule has 1 aliphatic rings. The van der Waals surface area contributed by atoms with Crippen molar-refractivity contribution in [3.05, 3.63) is 65.6 Å². The minimum atomic E-state index is -0.921. The summed E-state index contributed by atoms with van der Waals surface area (Å²) in [6, 6.07) is 15.5. The van der Waals surface area contributed by atoms with Crippen LogP contribution in [0.15, 0.2) is 48.5 Å². The van der Waals surface area contributed by atoms with Gasteiger partial charge in [-0.2, -0.15) is 16.9 Å². The highest BCUT2D eigenvalue weighted by molar-refractivity contribution is 7.98. The fraction of sp³-hybridized carbons (Fsp3) is 0.448. The Bertz CT molecular complexity index is 1160. The lowest BCUT2D eigenvalue weighted by molar-refractivity contribution is -0.142. The third-order valence-electron chi connectivity index (χ3n) is 7.02. The van der Waals surface area contributed by atoms with Crippen LogP contribution in [0.4, 0.5) is 4.39 Å². The van der Waals surface area contributed by atoms with Gasteiger partial charge in [-0.15, -0.1) is 0 Å². The molecule has 1 heterocycles. The number of hydrogen-bond donors (Lipinski definition) is 1. The van der Waals surface area contributed by atoms with Crippen molar-refractivity contribution < 1.29 is 19.0 Å². The Morgan fingerprint density at radius 3 is 2.53 bits per heavy atom. The van der Waals surface area contributed by atoms with Crippen molar-refractivity contribution in [1.29, 1.82) is 0 Å². The van der Waals surface area contributed by atoms with E-state index in [0.717, 1.165) is 72.5 Å². The highest BCUT2D eigenvalue weighted by Gasteiger charge is 2.27. The summed E-state index contributed by atoms with van der Waals surface area (Å²) in [6.45, 7) is 2.99. The minimum Gasteiger partial charge on any atom is -0.480 e. The molecule has 1 fully saturated rings. The first-order valence-electron chi connectivity index (χ1n) is 12.7. The molecule has 0 aliphatic heterocycles. The van der Waals surface area contributed by atoms with Crippen LogP contribution in [0, 0.1) is 24.6 Å². The van der Waals surface area contributed by atoms with Crippen LogP contribution >= 0.6 is 11.8 Å². The molecule has 0 spiro atoms. The third kappa shape index (κ3) is 6.56. The average molecular weight is 511 g/mol. The first kappa shape index (κ1) is 26.4. The van der Waals surface area contributed by atoms with E-state index < -0.39 is 5.97 Å². The molecule has 0 saturated heterocycles. The Balaban J connectivity index is 1.63. The second-order valence-corrected chi connectivity index (χ2v) is 10.7. The predicted molar refractivity (Wildman–Crippen MR) is 144 cm³/mol. The van der Waals surface area contributed by atoms with Crippen molar-refractivity contribution >= 4 is 17.7 Å². The van der Waals surface area contributed by atoms with Crippen LogP contribution in [0.3, 0.4) is 0 Å². The molecule has 2 aromatic carbocycles. The Morgan fingerprint density at radius 1 is 1.14 bits per heavy atom. The smallest absolute Gasteiger partial charge is 0.329 e. The number of carbonyl (C=O) groups is 1. The summed E-state index contributed by atoms with van der Waals surface area (Å²) < 4.78 is 22.8. The summed E-state index contributed by atoms with van der Waals surface area (Å²) >= 11 is 1.79. The van der Waals surface area contributed by atoms with Gasteiger partial charge in [0, 0.05) is 28.9 Å². The van der Waals surface area contributed by atoms with Crippen molar-refractivity contribution in [1.82, 2.24) is 9.78 Å². The van der Waals surface area contributed by atoms with Crippen LogP contribution < -0.4 is 0 Å². The van der Waals surface area contributed by atoms with E-state index in [2.05, 4.69) is 10.9 Å². The largest absolute Gasteiger partial charge is 0.480 e. The molecule has 0 amide bonds. The number of aryl methyl sites for hydroxylation is 1. The maximum atomic E-state index is 15.3. The summed E-state index contributed by atoms with van der Waals surface area (Å²) in [5.74, 6) is 0.696. The van der Waals surface area contributed by atoms with Gasteiger partial charge in [-0.05, 0) is 74.5 Å².